The first kappa shape index (κ1) is 16.5. The summed E-state index contributed by atoms with van der Waals surface area (Å²) < 4.78 is 25.6. The summed E-state index contributed by atoms with van der Waals surface area (Å²) in [5, 5.41) is 7.99. The van der Waals surface area contributed by atoms with Crippen molar-refractivity contribution in [2.75, 3.05) is 11.5 Å². The van der Waals surface area contributed by atoms with Crippen LogP contribution >= 0.6 is 0 Å². The van der Waals surface area contributed by atoms with Crippen LogP contribution in [0.5, 0.6) is 0 Å². The number of sulfone groups is 1. The molecule has 0 saturated carbocycles. The molecular weight excluding hydrogens is 286 g/mol. The van der Waals surface area contributed by atoms with Gasteiger partial charge in [-0.05, 0) is 40.5 Å². The van der Waals surface area contributed by atoms with E-state index < -0.39 is 15.4 Å². The van der Waals surface area contributed by atoms with E-state index in [1.165, 1.54) is 0 Å². The SMILES string of the molecule is CCc1c(CNC(C)(C)C)cnn1C1(C)CCS(=O)(=O)C1. The lowest BCUT2D eigenvalue weighted by molar-refractivity contribution is 0.318. The van der Waals surface area contributed by atoms with Crippen molar-refractivity contribution in [3.8, 4) is 0 Å². The van der Waals surface area contributed by atoms with Crippen molar-refractivity contribution in [3.63, 3.8) is 0 Å². The summed E-state index contributed by atoms with van der Waals surface area (Å²) in [7, 11) is -2.93. The molecule has 1 fully saturated rings. The van der Waals surface area contributed by atoms with Crippen LogP contribution in [0.3, 0.4) is 0 Å². The fourth-order valence-electron chi connectivity index (χ4n) is 2.92. The molecule has 1 aliphatic rings. The second-order valence-electron chi connectivity index (χ2n) is 7.32. The summed E-state index contributed by atoms with van der Waals surface area (Å²) in [6, 6.07) is 0. The Bertz CT molecular complexity index is 613. The van der Waals surface area contributed by atoms with Crippen molar-refractivity contribution in [2.45, 2.75) is 65.1 Å². The van der Waals surface area contributed by atoms with E-state index in [-0.39, 0.29) is 17.0 Å². The Hall–Kier alpha value is -0.880. The number of hydrogen-bond acceptors (Lipinski definition) is 4. The fraction of sp³-hybridized carbons (Fsp3) is 0.800. The number of rotatable bonds is 4. The summed E-state index contributed by atoms with van der Waals surface area (Å²) in [6.45, 7) is 11.3. The molecule has 1 N–H and O–H groups in total. The second kappa shape index (κ2) is 5.39. The van der Waals surface area contributed by atoms with E-state index in [9.17, 15) is 8.42 Å². The molecule has 2 rings (SSSR count). The van der Waals surface area contributed by atoms with Crippen LogP contribution < -0.4 is 5.32 Å². The van der Waals surface area contributed by atoms with Crippen molar-refractivity contribution in [1.29, 1.82) is 0 Å². The minimum absolute atomic E-state index is 0.0493. The Morgan fingerprint density at radius 1 is 1.43 bits per heavy atom. The highest BCUT2D eigenvalue weighted by Crippen LogP contribution is 2.32. The predicted octanol–water partition coefficient (Wildman–Crippen LogP) is 1.87. The van der Waals surface area contributed by atoms with Gasteiger partial charge in [0.1, 0.15) is 0 Å². The molecule has 120 valence electrons. The lowest BCUT2D eigenvalue weighted by Gasteiger charge is -2.26. The lowest BCUT2D eigenvalue weighted by atomic mass is 10.0. The number of aromatic nitrogens is 2. The van der Waals surface area contributed by atoms with Gasteiger partial charge in [0, 0.05) is 23.3 Å². The third-order valence-corrected chi connectivity index (χ3v) is 5.98. The maximum absolute atomic E-state index is 11.8. The van der Waals surface area contributed by atoms with Gasteiger partial charge in [-0.15, -0.1) is 0 Å². The molecule has 1 unspecified atom stereocenters. The van der Waals surface area contributed by atoms with E-state index in [4.69, 9.17) is 0 Å². The molecular formula is C15H27N3O2S. The number of nitrogens with one attached hydrogen (secondary N) is 1. The Labute approximate surface area is 128 Å². The Kier molecular flexibility index (Phi) is 4.23. The standard InChI is InChI=1S/C15H27N3O2S/c1-6-13-12(9-16-14(2,3)4)10-17-18(13)15(5)7-8-21(19,20)11-15/h10,16H,6-9,11H2,1-5H3. The van der Waals surface area contributed by atoms with Gasteiger partial charge in [0.2, 0.25) is 0 Å². The van der Waals surface area contributed by atoms with Crippen LogP contribution in [0, 0.1) is 0 Å². The fourth-order valence-corrected chi connectivity index (χ4v) is 5.03. The van der Waals surface area contributed by atoms with Gasteiger partial charge in [0.25, 0.3) is 0 Å². The van der Waals surface area contributed by atoms with E-state index >= 15 is 0 Å². The molecule has 1 aromatic rings. The smallest absolute Gasteiger partial charge is 0.152 e. The minimum Gasteiger partial charge on any atom is -0.308 e. The van der Waals surface area contributed by atoms with Crippen molar-refractivity contribution in [3.05, 3.63) is 17.5 Å². The van der Waals surface area contributed by atoms with Crippen LogP contribution in [0.25, 0.3) is 0 Å². The molecule has 5 nitrogen and oxygen atoms in total. The quantitative estimate of drug-likeness (QED) is 0.921. The zero-order valence-corrected chi connectivity index (χ0v) is 14.5. The van der Waals surface area contributed by atoms with Crippen LogP contribution in [0.4, 0.5) is 0 Å². The first-order valence-corrected chi connectivity index (χ1v) is 9.40. The zero-order chi connectivity index (χ0) is 15.9. The highest BCUT2D eigenvalue weighted by Gasteiger charge is 2.41. The Balaban J connectivity index is 2.28. The van der Waals surface area contributed by atoms with Gasteiger partial charge < -0.3 is 5.32 Å². The molecule has 6 heteroatoms. The van der Waals surface area contributed by atoms with Gasteiger partial charge in [-0.25, -0.2) is 8.42 Å². The summed E-state index contributed by atoms with van der Waals surface area (Å²) in [4.78, 5) is 0. The minimum atomic E-state index is -2.93. The van der Waals surface area contributed by atoms with Gasteiger partial charge in [-0.3, -0.25) is 4.68 Å². The third kappa shape index (κ3) is 3.66. The monoisotopic (exact) mass is 313 g/mol. The van der Waals surface area contributed by atoms with Gasteiger partial charge in [0.05, 0.1) is 23.2 Å². The van der Waals surface area contributed by atoms with Crippen LogP contribution in [-0.2, 0) is 28.3 Å². The normalized spacial score (nSPS) is 25.4. The Morgan fingerprint density at radius 2 is 2.10 bits per heavy atom. The van der Waals surface area contributed by atoms with E-state index in [0.29, 0.717) is 6.42 Å². The average molecular weight is 313 g/mol. The molecule has 1 aliphatic heterocycles. The largest absolute Gasteiger partial charge is 0.308 e. The van der Waals surface area contributed by atoms with Crippen LogP contribution in [0.2, 0.25) is 0 Å². The van der Waals surface area contributed by atoms with E-state index in [2.05, 4.69) is 38.1 Å². The van der Waals surface area contributed by atoms with Gasteiger partial charge in [-0.1, -0.05) is 6.92 Å². The van der Waals surface area contributed by atoms with E-state index in [0.717, 1.165) is 24.2 Å². The summed E-state index contributed by atoms with van der Waals surface area (Å²) in [6.07, 6.45) is 3.39. The van der Waals surface area contributed by atoms with E-state index in [1.54, 1.807) is 0 Å². The number of hydrogen-bond donors (Lipinski definition) is 1. The maximum atomic E-state index is 11.8. The van der Waals surface area contributed by atoms with Gasteiger partial charge in [0.15, 0.2) is 9.84 Å². The van der Waals surface area contributed by atoms with Crippen molar-refractivity contribution < 1.29 is 8.42 Å². The average Bonchev–Trinajstić information content (AvgIpc) is 2.87. The summed E-state index contributed by atoms with van der Waals surface area (Å²) >= 11 is 0. The first-order chi connectivity index (χ1) is 9.56. The summed E-state index contributed by atoms with van der Waals surface area (Å²) in [5.74, 6) is 0.461. The molecule has 0 aliphatic carbocycles. The molecule has 0 spiro atoms. The second-order valence-corrected chi connectivity index (χ2v) is 9.51. The molecule has 0 bridgehead atoms. The third-order valence-electron chi connectivity index (χ3n) is 4.09. The molecule has 2 heterocycles. The highest BCUT2D eigenvalue weighted by atomic mass is 32.2. The van der Waals surface area contributed by atoms with Crippen molar-refractivity contribution in [2.24, 2.45) is 0 Å². The van der Waals surface area contributed by atoms with E-state index in [1.807, 2.05) is 17.8 Å². The maximum Gasteiger partial charge on any atom is 0.152 e. The van der Waals surface area contributed by atoms with Crippen LogP contribution in [0.15, 0.2) is 6.20 Å². The molecule has 1 atom stereocenters. The molecule has 0 amide bonds. The van der Waals surface area contributed by atoms with Crippen molar-refractivity contribution >= 4 is 9.84 Å². The number of nitrogens with zero attached hydrogens (tertiary/aromatic N) is 2. The highest BCUT2D eigenvalue weighted by molar-refractivity contribution is 7.91. The molecule has 1 aromatic heterocycles. The summed E-state index contributed by atoms with van der Waals surface area (Å²) in [5.41, 5.74) is 1.96. The molecule has 21 heavy (non-hydrogen) atoms. The predicted molar refractivity (Wildman–Crippen MR) is 85.1 cm³/mol. The van der Waals surface area contributed by atoms with Gasteiger partial charge >= 0.3 is 0 Å². The molecule has 0 aromatic carbocycles. The topological polar surface area (TPSA) is 64.0 Å². The van der Waals surface area contributed by atoms with Crippen LogP contribution in [0.1, 0.15) is 52.3 Å². The van der Waals surface area contributed by atoms with Gasteiger partial charge in [-0.2, -0.15) is 5.10 Å². The van der Waals surface area contributed by atoms with Crippen molar-refractivity contribution in [1.82, 2.24) is 15.1 Å². The lowest BCUT2D eigenvalue weighted by Crippen LogP contribution is -2.36. The molecule has 0 radical (unpaired) electrons. The first-order valence-electron chi connectivity index (χ1n) is 7.58. The zero-order valence-electron chi connectivity index (χ0n) is 13.7. The molecule has 1 saturated heterocycles. The van der Waals surface area contributed by atoms with Crippen LogP contribution in [-0.4, -0.2) is 35.2 Å². The Morgan fingerprint density at radius 3 is 2.57 bits per heavy atom.